The number of aliphatic hydroxyl groups excluding tert-OH is 1. The molecule has 2 aromatic rings. The number of hydrogen-bond acceptors (Lipinski definition) is 3. The van der Waals surface area contributed by atoms with Crippen molar-refractivity contribution in [2.75, 3.05) is 6.54 Å². The van der Waals surface area contributed by atoms with Gasteiger partial charge in [-0.15, -0.1) is 0 Å². The van der Waals surface area contributed by atoms with Gasteiger partial charge in [-0.2, -0.15) is 13.2 Å². The Morgan fingerprint density at radius 3 is 2.24 bits per heavy atom. The van der Waals surface area contributed by atoms with Crippen LogP contribution in [0.25, 0.3) is 0 Å². The molecular weight excluding hydrogens is 362 g/mol. The van der Waals surface area contributed by atoms with Gasteiger partial charge in [-0.1, -0.05) is 12.1 Å². The Kier molecular flexibility index (Phi) is 5.50. The van der Waals surface area contributed by atoms with Crippen molar-refractivity contribution in [2.45, 2.75) is 24.1 Å². The molecule has 0 heterocycles. The second-order valence-electron chi connectivity index (χ2n) is 5.40. The third-order valence-corrected chi connectivity index (χ3v) is 4.95. The molecule has 0 amide bonds. The molecule has 0 aliphatic rings. The summed E-state index contributed by atoms with van der Waals surface area (Å²) in [6.07, 6.45) is -5.83. The molecule has 0 aromatic heterocycles. The first-order chi connectivity index (χ1) is 11.5. The fourth-order valence-corrected chi connectivity index (χ4v) is 3.19. The molecule has 1 atom stereocenters. The van der Waals surface area contributed by atoms with Gasteiger partial charge in [0.25, 0.3) is 0 Å². The molecule has 4 nitrogen and oxygen atoms in total. The highest BCUT2D eigenvalue weighted by molar-refractivity contribution is 7.89. The van der Waals surface area contributed by atoms with Gasteiger partial charge in [0.1, 0.15) is 5.82 Å². The summed E-state index contributed by atoms with van der Waals surface area (Å²) in [5.74, 6) is -0.552. The van der Waals surface area contributed by atoms with Crippen molar-refractivity contribution in [1.29, 1.82) is 0 Å². The Labute approximate surface area is 142 Å². The van der Waals surface area contributed by atoms with Crippen LogP contribution in [-0.4, -0.2) is 20.1 Å². The standard InChI is InChI=1S/C16H15F4NO3S/c1-10-8-13(6-7-14(10)17)25(23,24)21-9-15(22)11-2-4-12(5-3-11)16(18,19)20/h2-8,15,21-22H,9H2,1H3. The van der Waals surface area contributed by atoms with Gasteiger partial charge in [0.2, 0.25) is 10.0 Å². The van der Waals surface area contributed by atoms with Gasteiger partial charge >= 0.3 is 6.18 Å². The van der Waals surface area contributed by atoms with Crippen LogP contribution in [0.15, 0.2) is 47.4 Å². The van der Waals surface area contributed by atoms with Crippen molar-refractivity contribution in [2.24, 2.45) is 0 Å². The Morgan fingerprint density at radius 1 is 1.12 bits per heavy atom. The van der Waals surface area contributed by atoms with Gasteiger partial charge in [0.15, 0.2) is 0 Å². The van der Waals surface area contributed by atoms with Crippen LogP contribution in [0.4, 0.5) is 17.6 Å². The molecule has 0 saturated heterocycles. The van der Waals surface area contributed by atoms with E-state index in [0.29, 0.717) is 0 Å². The van der Waals surface area contributed by atoms with Crippen molar-refractivity contribution < 1.29 is 31.1 Å². The van der Waals surface area contributed by atoms with Gasteiger partial charge in [-0.25, -0.2) is 17.5 Å². The number of rotatable bonds is 5. The van der Waals surface area contributed by atoms with Crippen LogP contribution in [0.5, 0.6) is 0 Å². The van der Waals surface area contributed by atoms with Gasteiger partial charge in [-0.3, -0.25) is 0 Å². The molecule has 25 heavy (non-hydrogen) atoms. The average Bonchev–Trinajstić information content (AvgIpc) is 2.54. The number of hydrogen-bond donors (Lipinski definition) is 2. The van der Waals surface area contributed by atoms with Crippen LogP contribution >= 0.6 is 0 Å². The quantitative estimate of drug-likeness (QED) is 0.787. The molecule has 0 radical (unpaired) electrons. The number of aryl methyl sites for hydroxylation is 1. The second kappa shape index (κ2) is 7.11. The first-order valence-electron chi connectivity index (χ1n) is 7.12. The highest BCUT2D eigenvalue weighted by Gasteiger charge is 2.30. The van der Waals surface area contributed by atoms with Gasteiger partial charge < -0.3 is 5.11 Å². The van der Waals surface area contributed by atoms with Gasteiger partial charge in [-0.05, 0) is 48.4 Å². The smallest absolute Gasteiger partial charge is 0.387 e. The highest BCUT2D eigenvalue weighted by Crippen LogP contribution is 2.29. The predicted molar refractivity (Wildman–Crippen MR) is 82.7 cm³/mol. The van der Waals surface area contributed by atoms with Crippen LogP contribution in [0.2, 0.25) is 0 Å². The van der Waals surface area contributed by atoms with E-state index in [1.165, 1.54) is 6.92 Å². The van der Waals surface area contributed by atoms with E-state index in [1.807, 2.05) is 0 Å². The summed E-state index contributed by atoms with van der Waals surface area (Å²) in [7, 11) is -3.99. The Bertz CT molecular complexity index is 849. The first-order valence-corrected chi connectivity index (χ1v) is 8.60. The van der Waals surface area contributed by atoms with Gasteiger partial charge in [0.05, 0.1) is 16.6 Å². The molecule has 0 aliphatic heterocycles. The van der Waals surface area contributed by atoms with Crippen LogP contribution in [-0.2, 0) is 16.2 Å². The summed E-state index contributed by atoms with van der Waals surface area (Å²) in [6, 6.07) is 6.98. The van der Waals surface area contributed by atoms with E-state index in [0.717, 1.165) is 42.5 Å². The zero-order valence-corrected chi connectivity index (χ0v) is 13.8. The van der Waals surface area contributed by atoms with Crippen LogP contribution in [0.1, 0.15) is 22.8 Å². The van der Waals surface area contributed by atoms with Crippen molar-refractivity contribution in [1.82, 2.24) is 4.72 Å². The van der Waals surface area contributed by atoms with E-state index < -0.39 is 40.2 Å². The molecule has 0 aliphatic carbocycles. The largest absolute Gasteiger partial charge is 0.416 e. The average molecular weight is 377 g/mol. The SMILES string of the molecule is Cc1cc(S(=O)(=O)NCC(O)c2ccc(C(F)(F)F)cc2)ccc1F. The minimum Gasteiger partial charge on any atom is -0.387 e. The highest BCUT2D eigenvalue weighted by atomic mass is 32.2. The molecule has 2 aromatic carbocycles. The lowest BCUT2D eigenvalue weighted by molar-refractivity contribution is -0.137. The Balaban J connectivity index is 2.08. The molecule has 9 heteroatoms. The molecule has 0 fully saturated rings. The summed E-state index contributed by atoms with van der Waals surface area (Å²) >= 11 is 0. The summed E-state index contributed by atoms with van der Waals surface area (Å²) in [4.78, 5) is -0.175. The van der Waals surface area contributed by atoms with Crippen molar-refractivity contribution in [3.63, 3.8) is 0 Å². The van der Waals surface area contributed by atoms with Crippen LogP contribution < -0.4 is 4.72 Å². The third-order valence-electron chi connectivity index (χ3n) is 3.53. The van der Waals surface area contributed by atoms with E-state index in [1.54, 1.807) is 0 Å². The fraction of sp³-hybridized carbons (Fsp3) is 0.250. The minimum atomic E-state index is -4.49. The third kappa shape index (κ3) is 4.77. The van der Waals surface area contributed by atoms with Gasteiger partial charge in [0, 0.05) is 6.54 Å². The molecule has 2 rings (SSSR count). The number of halogens is 4. The number of benzene rings is 2. The van der Waals surface area contributed by atoms with Crippen LogP contribution in [0, 0.1) is 12.7 Å². The van der Waals surface area contributed by atoms with Crippen molar-refractivity contribution >= 4 is 10.0 Å². The maximum atomic E-state index is 13.2. The summed E-state index contributed by atoms with van der Waals surface area (Å²) < 4.78 is 77.1. The van der Waals surface area contributed by atoms with E-state index in [2.05, 4.69) is 4.72 Å². The Morgan fingerprint density at radius 2 is 1.72 bits per heavy atom. The van der Waals surface area contributed by atoms with Crippen LogP contribution in [0.3, 0.4) is 0 Å². The van der Waals surface area contributed by atoms with E-state index in [-0.39, 0.29) is 16.0 Å². The summed E-state index contributed by atoms with van der Waals surface area (Å²) in [5.41, 5.74) is -0.594. The summed E-state index contributed by atoms with van der Waals surface area (Å²) in [6.45, 7) is 0.968. The summed E-state index contributed by atoms with van der Waals surface area (Å²) in [5, 5.41) is 9.95. The lowest BCUT2D eigenvalue weighted by Gasteiger charge is -2.14. The zero-order valence-electron chi connectivity index (χ0n) is 13.0. The topological polar surface area (TPSA) is 66.4 Å². The van der Waals surface area contributed by atoms with E-state index in [4.69, 9.17) is 0 Å². The van der Waals surface area contributed by atoms with Crippen molar-refractivity contribution in [3.05, 3.63) is 65.0 Å². The molecule has 1 unspecified atom stereocenters. The van der Waals surface area contributed by atoms with E-state index in [9.17, 15) is 31.1 Å². The first kappa shape index (κ1) is 19.4. The minimum absolute atomic E-state index is 0.131. The molecule has 2 N–H and O–H groups in total. The fourth-order valence-electron chi connectivity index (χ4n) is 2.07. The maximum absolute atomic E-state index is 13.2. The second-order valence-corrected chi connectivity index (χ2v) is 7.17. The predicted octanol–water partition coefficient (Wildman–Crippen LogP) is 3.16. The lowest BCUT2D eigenvalue weighted by Crippen LogP contribution is -2.28. The number of nitrogens with one attached hydrogen (secondary N) is 1. The van der Waals surface area contributed by atoms with E-state index >= 15 is 0 Å². The lowest BCUT2D eigenvalue weighted by atomic mass is 10.1. The number of alkyl halides is 3. The number of sulfonamides is 1. The monoisotopic (exact) mass is 377 g/mol. The molecule has 0 bridgehead atoms. The molecule has 136 valence electrons. The maximum Gasteiger partial charge on any atom is 0.416 e. The van der Waals surface area contributed by atoms with Crippen molar-refractivity contribution in [3.8, 4) is 0 Å². The molecule has 0 spiro atoms. The Hall–Kier alpha value is -1.97. The number of aliphatic hydroxyl groups is 1. The molecular formula is C16H15F4NO3S. The zero-order chi connectivity index (χ0) is 18.8. The molecule has 0 saturated carbocycles. The normalized spacial score (nSPS) is 13.7.